The molecule has 0 amide bonds. The van der Waals surface area contributed by atoms with E-state index in [9.17, 15) is 4.79 Å². The summed E-state index contributed by atoms with van der Waals surface area (Å²) < 4.78 is 5.38. The first-order valence-corrected chi connectivity index (χ1v) is 6.25. The molecule has 1 aromatic rings. The summed E-state index contributed by atoms with van der Waals surface area (Å²) in [7, 11) is 0. The zero-order valence-corrected chi connectivity index (χ0v) is 10.2. The minimum atomic E-state index is 0.719. The summed E-state index contributed by atoms with van der Waals surface area (Å²) >= 11 is 0. The van der Waals surface area contributed by atoms with Crippen molar-refractivity contribution in [2.45, 2.75) is 0 Å². The lowest BCUT2D eigenvalue weighted by Gasteiger charge is -2.34. The summed E-state index contributed by atoms with van der Waals surface area (Å²) in [5.41, 5.74) is 4.16. The maximum atomic E-state index is 10.9. The maximum absolute atomic E-state index is 10.9. The summed E-state index contributed by atoms with van der Waals surface area (Å²) in [6.45, 7) is 4.20. The minimum absolute atomic E-state index is 0.719. The zero-order valence-electron chi connectivity index (χ0n) is 10.2. The number of morpholine rings is 1. The molecule has 2 aliphatic heterocycles. The molecule has 0 radical (unpaired) electrons. The monoisotopic (exact) mass is 244 g/mol. The smallest absolute Gasteiger partial charge is 0.150 e. The first-order valence-electron chi connectivity index (χ1n) is 6.25. The largest absolute Gasteiger partial charge is 0.381 e. The number of carbonyl (C=O) groups excluding carboxylic acids is 1. The molecule has 0 bridgehead atoms. The normalized spacial score (nSPS) is 18.7. The number of aldehydes is 1. The Labute approximate surface area is 106 Å². The van der Waals surface area contributed by atoms with Crippen molar-refractivity contribution < 1.29 is 9.53 Å². The topological polar surface area (TPSA) is 41.6 Å². The van der Waals surface area contributed by atoms with E-state index in [1.54, 1.807) is 0 Å². The summed E-state index contributed by atoms with van der Waals surface area (Å²) in [4.78, 5) is 13.2. The lowest BCUT2D eigenvalue weighted by molar-refractivity contribution is 0.0639. The van der Waals surface area contributed by atoms with Crippen molar-refractivity contribution in [3.05, 3.63) is 35.4 Å². The number of ether oxygens (including phenoxy) is 1. The van der Waals surface area contributed by atoms with Crippen molar-refractivity contribution in [2.24, 2.45) is 0 Å². The highest BCUT2D eigenvalue weighted by molar-refractivity contribution is 5.84. The van der Waals surface area contributed by atoms with Gasteiger partial charge in [0.2, 0.25) is 0 Å². The average Bonchev–Trinajstić information content (AvgIpc) is 2.47. The molecule has 4 nitrogen and oxygen atoms in total. The molecule has 3 rings (SSSR count). The molecule has 1 aromatic carbocycles. The second-order valence-electron chi connectivity index (χ2n) is 4.49. The quantitative estimate of drug-likeness (QED) is 0.802. The van der Waals surface area contributed by atoms with E-state index < -0.39 is 0 Å². The van der Waals surface area contributed by atoms with Crippen LogP contribution >= 0.6 is 0 Å². The van der Waals surface area contributed by atoms with Crippen molar-refractivity contribution in [3.63, 3.8) is 0 Å². The van der Waals surface area contributed by atoms with Gasteiger partial charge in [0.05, 0.1) is 13.2 Å². The molecule has 18 heavy (non-hydrogen) atoms. The molecular formula is C14H16N2O2. The van der Waals surface area contributed by atoms with Gasteiger partial charge in [-0.3, -0.25) is 4.79 Å². The lowest BCUT2D eigenvalue weighted by atomic mass is 10.0. The number of nitrogens with one attached hydrogen (secondary N) is 1. The van der Waals surface area contributed by atoms with Crippen LogP contribution in [-0.4, -0.2) is 44.0 Å². The van der Waals surface area contributed by atoms with Gasteiger partial charge in [-0.05, 0) is 24.3 Å². The summed E-state index contributed by atoms with van der Waals surface area (Å²) in [6, 6.07) is 5.78. The number of benzene rings is 1. The highest BCUT2D eigenvalue weighted by Gasteiger charge is 2.20. The number of hydrogen-bond donors (Lipinski definition) is 1. The first-order chi connectivity index (χ1) is 8.88. The number of rotatable bonds is 2. The fourth-order valence-corrected chi connectivity index (χ4v) is 2.47. The molecule has 0 atom stereocenters. The molecule has 0 unspecified atom stereocenters. The number of nitrogens with zero attached hydrogens (tertiary/aromatic N) is 1. The number of carbonyl (C=O) groups is 1. The third-order valence-electron chi connectivity index (χ3n) is 3.40. The fourth-order valence-electron chi connectivity index (χ4n) is 2.47. The molecule has 0 saturated carbocycles. The zero-order chi connectivity index (χ0) is 12.4. The Morgan fingerprint density at radius 2 is 2.11 bits per heavy atom. The summed E-state index contributed by atoms with van der Waals surface area (Å²) in [5.74, 6) is 0. The second-order valence-corrected chi connectivity index (χ2v) is 4.49. The van der Waals surface area contributed by atoms with Gasteiger partial charge in [0.25, 0.3) is 0 Å². The molecule has 4 heteroatoms. The molecule has 0 spiro atoms. The molecule has 94 valence electrons. The molecule has 2 heterocycles. The number of hydrogen-bond acceptors (Lipinski definition) is 4. The predicted octanol–water partition coefficient (Wildman–Crippen LogP) is 1.60. The van der Waals surface area contributed by atoms with Crippen LogP contribution in [0.4, 0.5) is 5.69 Å². The first kappa shape index (κ1) is 11.3. The van der Waals surface area contributed by atoms with Gasteiger partial charge in [0.1, 0.15) is 6.29 Å². The SMILES string of the molecule is O=Cc1ccc2c(c1)C(N1CCOCC1)=CCN2. The van der Waals surface area contributed by atoms with Crippen LogP contribution in [-0.2, 0) is 4.74 Å². The number of fused-ring (bicyclic) bond motifs is 1. The Bertz CT molecular complexity index is 491. The van der Waals surface area contributed by atoms with Crippen LogP contribution < -0.4 is 5.32 Å². The summed E-state index contributed by atoms with van der Waals surface area (Å²) in [6.07, 6.45) is 3.08. The van der Waals surface area contributed by atoms with E-state index in [0.29, 0.717) is 0 Å². The van der Waals surface area contributed by atoms with E-state index >= 15 is 0 Å². The van der Waals surface area contributed by atoms with Gasteiger partial charge in [0, 0.05) is 42.1 Å². The van der Waals surface area contributed by atoms with Gasteiger partial charge in [0.15, 0.2) is 0 Å². The highest BCUT2D eigenvalue weighted by atomic mass is 16.5. The Kier molecular flexibility index (Phi) is 3.02. The van der Waals surface area contributed by atoms with Crippen molar-refractivity contribution in [1.82, 2.24) is 4.90 Å². The van der Waals surface area contributed by atoms with Crippen LogP contribution in [0.1, 0.15) is 15.9 Å². The molecule has 1 fully saturated rings. The third-order valence-corrected chi connectivity index (χ3v) is 3.40. The van der Waals surface area contributed by atoms with Gasteiger partial charge in [-0.15, -0.1) is 0 Å². The summed E-state index contributed by atoms with van der Waals surface area (Å²) in [5, 5.41) is 3.33. The standard InChI is InChI=1S/C14H16N2O2/c17-10-11-1-2-13-12(9-11)14(3-4-15-13)16-5-7-18-8-6-16/h1-3,9-10,15H,4-8H2. The van der Waals surface area contributed by atoms with Crippen molar-refractivity contribution in [3.8, 4) is 0 Å². The Balaban J connectivity index is 1.96. The molecule has 1 N–H and O–H groups in total. The maximum Gasteiger partial charge on any atom is 0.150 e. The average molecular weight is 244 g/mol. The van der Waals surface area contributed by atoms with Gasteiger partial charge in [-0.1, -0.05) is 0 Å². The van der Waals surface area contributed by atoms with Crippen molar-refractivity contribution >= 4 is 17.7 Å². The predicted molar refractivity (Wildman–Crippen MR) is 70.7 cm³/mol. The lowest BCUT2D eigenvalue weighted by Crippen LogP contribution is -2.36. The van der Waals surface area contributed by atoms with Crippen LogP contribution in [0.3, 0.4) is 0 Å². The van der Waals surface area contributed by atoms with Gasteiger partial charge >= 0.3 is 0 Å². The number of anilines is 1. The van der Waals surface area contributed by atoms with Gasteiger partial charge in [-0.2, -0.15) is 0 Å². The van der Waals surface area contributed by atoms with Crippen molar-refractivity contribution in [1.29, 1.82) is 0 Å². The van der Waals surface area contributed by atoms with E-state index in [0.717, 1.165) is 55.9 Å². The molecule has 0 aliphatic carbocycles. The van der Waals surface area contributed by atoms with Gasteiger partial charge < -0.3 is 15.0 Å². The van der Waals surface area contributed by atoms with E-state index in [1.807, 2.05) is 18.2 Å². The molecule has 1 saturated heterocycles. The highest BCUT2D eigenvalue weighted by Crippen LogP contribution is 2.31. The van der Waals surface area contributed by atoms with E-state index in [4.69, 9.17) is 4.74 Å². The Morgan fingerprint density at radius 1 is 1.28 bits per heavy atom. The molecule has 0 aromatic heterocycles. The molecular weight excluding hydrogens is 228 g/mol. The van der Waals surface area contributed by atoms with Crippen LogP contribution in [0.15, 0.2) is 24.3 Å². The minimum Gasteiger partial charge on any atom is -0.381 e. The fraction of sp³-hybridized carbons (Fsp3) is 0.357. The Morgan fingerprint density at radius 3 is 2.89 bits per heavy atom. The second kappa shape index (κ2) is 4.82. The van der Waals surface area contributed by atoms with Crippen LogP contribution in [0.5, 0.6) is 0 Å². The van der Waals surface area contributed by atoms with E-state index in [-0.39, 0.29) is 0 Å². The van der Waals surface area contributed by atoms with E-state index in [2.05, 4.69) is 16.3 Å². The van der Waals surface area contributed by atoms with Crippen LogP contribution in [0, 0.1) is 0 Å². The van der Waals surface area contributed by atoms with Crippen LogP contribution in [0.25, 0.3) is 5.70 Å². The third kappa shape index (κ3) is 1.99. The Hall–Kier alpha value is -1.81. The molecule has 2 aliphatic rings. The van der Waals surface area contributed by atoms with Crippen molar-refractivity contribution in [2.75, 3.05) is 38.2 Å². The van der Waals surface area contributed by atoms with Crippen LogP contribution in [0.2, 0.25) is 0 Å². The van der Waals surface area contributed by atoms with Gasteiger partial charge in [-0.25, -0.2) is 0 Å². The van der Waals surface area contributed by atoms with E-state index in [1.165, 1.54) is 5.70 Å².